The molecule has 0 saturated heterocycles. The molecule has 212 valence electrons. The number of hydrogen-bond donors (Lipinski definition) is 1. The zero-order valence-corrected chi connectivity index (χ0v) is 24.7. The number of hydrogen-bond acceptors (Lipinski definition) is 4. The molecule has 1 saturated carbocycles. The first-order valence-electron chi connectivity index (χ1n) is 13.5. The average molecular weight is 582 g/mol. The van der Waals surface area contributed by atoms with Crippen LogP contribution in [0.3, 0.4) is 0 Å². The number of nitrogens with zero attached hydrogens (tertiary/aromatic N) is 2. The third-order valence-corrected chi connectivity index (χ3v) is 9.35. The number of benzene rings is 3. The summed E-state index contributed by atoms with van der Waals surface area (Å²) in [5, 5.41) is 3.49. The van der Waals surface area contributed by atoms with Crippen molar-refractivity contribution < 1.29 is 18.0 Å². The van der Waals surface area contributed by atoms with Crippen LogP contribution in [-0.4, -0.2) is 43.8 Å². The van der Waals surface area contributed by atoms with E-state index in [1.807, 2.05) is 44.2 Å². The first-order valence-corrected chi connectivity index (χ1v) is 15.4. The predicted molar refractivity (Wildman–Crippen MR) is 159 cm³/mol. The molecule has 0 bridgehead atoms. The van der Waals surface area contributed by atoms with Crippen LogP contribution in [0.4, 0.5) is 5.69 Å². The van der Waals surface area contributed by atoms with Crippen LogP contribution in [0.1, 0.15) is 49.3 Å². The van der Waals surface area contributed by atoms with Gasteiger partial charge in [0.1, 0.15) is 12.6 Å². The van der Waals surface area contributed by atoms with Gasteiger partial charge in [0.25, 0.3) is 10.0 Å². The molecule has 3 aromatic carbocycles. The van der Waals surface area contributed by atoms with Crippen molar-refractivity contribution in [2.75, 3.05) is 10.8 Å². The lowest BCUT2D eigenvalue weighted by Gasteiger charge is -2.32. The van der Waals surface area contributed by atoms with E-state index in [0.717, 1.165) is 46.7 Å². The van der Waals surface area contributed by atoms with Crippen molar-refractivity contribution >= 4 is 39.1 Å². The van der Waals surface area contributed by atoms with Crippen LogP contribution < -0.4 is 9.62 Å². The van der Waals surface area contributed by atoms with Gasteiger partial charge in [0, 0.05) is 17.6 Å². The van der Waals surface area contributed by atoms with Crippen LogP contribution >= 0.6 is 11.6 Å². The van der Waals surface area contributed by atoms with E-state index >= 15 is 0 Å². The van der Waals surface area contributed by atoms with Crippen molar-refractivity contribution in [3.05, 3.63) is 94.5 Å². The average Bonchev–Trinajstić information content (AvgIpc) is 3.44. The summed E-state index contributed by atoms with van der Waals surface area (Å²) in [6.07, 6.45) is 3.98. The molecule has 0 aliphatic heterocycles. The van der Waals surface area contributed by atoms with Gasteiger partial charge in [0.2, 0.25) is 11.8 Å². The van der Waals surface area contributed by atoms with Crippen molar-refractivity contribution in [1.29, 1.82) is 0 Å². The molecule has 1 atom stereocenters. The highest BCUT2D eigenvalue weighted by molar-refractivity contribution is 7.92. The summed E-state index contributed by atoms with van der Waals surface area (Å²) in [4.78, 5) is 28.8. The molecule has 0 unspecified atom stereocenters. The smallest absolute Gasteiger partial charge is 0.264 e. The molecule has 0 radical (unpaired) electrons. The lowest BCUT2D eigenvalue weighted by Crippen LogP contribution is -2.52. The lowest BCUT2D eigenvalue weighted by atomic mass is 10.1. The second kappa shape index (κ2) is 12.9. The molecule has 1 fully saturated rings. The molecular weight excluding hydrogens is 546 g/mol. The lowest BCUT2D eigenvalue weighted by molar-refractivity contribution is -0.139. The van der Waals surface area contributed by atoms with Gasteiger partial charge in [-0.3, -0.25) is 13.9 Å². The van der Waals surface area contributed by atoms with Gasteiger partial charge in [-0.2, -0.15) is 0 Å². The minimum atomic E-state index is -4.13. The van der Waals surface area contributed by atoms with Crippen LogP contribution in [0, 0.1) is 13.8 Å². The molecule has 1 aliphatic carbocycles. The maximum atomic E-state index is 14.0. The molecule has 1 aliphatic rings. The fourth-order valence-electron chi connectivity index (χ4n) is 4.91. The number of anilines is 1. The molecule has 1 N–H and O–H groups in total. The van der Waals surface area contributed by atoms with Crippen molar-refractivity contribution in [2.24, 2.45) is 0 Å². The molecule has 40 heavy (non-hydrogen) atoms. The molecule has 0 aromatic heterocycles. The van der Waals surface area contributed by atoms with Crippen LogP contribution in [-0.2, 0) is 26.2 Å². The zero-order valence-electron chi connectivity index (χ0n) is 23.1. The summed E-state index contributed by atoms with van der Waals surface area (Å²) in [6, 6.07) is 19.9. The van der Waals surface area contributed by atoms with Crippen LogP contribution in [0.25, 0.3) is 0 Å². The topological polar surface area (TPSA) is 86.8 Å². The van der Waals surface area contributed by atoms with Gasteiger partial charge in [0.05, 0.1) is 10.6 Å². The number of amides is 2. The Morgan fingerprint density at radius 1 is 0.950 bits per heavy atom. The standard InChI is InChI=1S/C31H36ClN3O4S/c1-22-11-13-25(14-12-22)20-34(24(3)31(37)33-27-8-4-5-9-27)30(36)21-35(28-10-6-7-23(2)19-28)40(38,39)29-17-15-26(32)16-18-29/h6-7,10-19,24,27H,4-5,8-9,20-21H2,1-3H3,(H,33,37)/t24-/m0/s1. The Labute approximate surface area is 242 Å². The molecule has 4 rings (SSSR count). The molecule has 2 amide bonds. The summed E-state index contributed by atoms with van der Waals surface area (Å²) >= 11 is 6.01. The van der Waals surface area contributed by atoms with E-state index in [2.05, 4.69) is 5.32 Å². The maximum absolute atomic E-state index is 14.0. The Bertz CT molecular complexity index is 1440. The summed E-state index contributed by atoms with van der Waals surface area (Å²) in [5.74, 6) is -0.719. The Morgan fingerprint density at radius 2 is 1.60 bits per heavy atom. The summed E-state index contributed by atoms with van der Waals surface area (Å²) in [5.41, 5.74) is 3.14. The van der Waals surface area contributed by atoms with Crippen LogP contribution in [0.15, 0.2) is 77.7 Å². The number of carbonyl (C=O) groups excluding carboxylic acids is 2. The van der Waals surface area contributed by atoms with Crippen molar-refractivity contribution in [3.8, 4) is 0 Å². The number of rotatable bonds is 10. The van der Waals surface area contributed by atoms with Gasteiger partial charge < -0.3 is 10.2 Å². The van der Waals surface area contributed by atoms with E-state index in [-0.39, 0.29) is 23.4 Å². The quantitative estimate of drug-likeness (QED) is 0.336. The second-order valence-corrected chi connectivity index (χ2v) is 12.8. The number of sulfonamides is 1. The minimum Gasteiger partial charge on any atom is -0.352 e. The number of halogens is 1. The third kappa shape index (κ3) is 7.23. The van der Waals surface area contributed by atoms with Crippen LogP contribution in [0.5, 0.6) is 0 Å². The highest BCUT2D eigenvalue weighted by Crippen LogP contribution is 2.26. The van der Waals surface area contributed by atoms with E-state index in [0.29, 0.717) is 10.7 Å². The second-order valence-electron chi connectivity index (χ2n) is 10.5. The Kier molecular flexibility index (Phi) is 9.53. The van der Waals surface area contributed by atoms with Crippen molar-refractivity contribution in [3.63, 3.8) is 0 Å². The third-order valence-electron chi connectivity index (χ3n) is 7.31. The molecule has 0 spiro atoms. The monoisotopic (exact) mass is 581 g/mol. The Hall–Kier alpha value is -3.36. The minimum absolute atomic E-state index is 0.0170. The van der Waals surface area contributed by atoms with Gasteiger partial charge in [-0.25, -0.2) is 8.42 Å². The van der Waals surface area contributed by atoms with Gasteiger partial charge in [-0.1, -0.05) is 66.4 Å². The Balaban J connectivity index is 1.68. The molecule has 7 nitrogen and oxygen atoms in total. The molecule has 0 heterocycles. The van der Waals surface area contributed by atoms with E-state index in [1.165, 1.54) is 29.2 Å². The van der Waals surface area contributed by atoms with E-state index in [4.69, 9.17) is 11.6 Å². The Morgan fingerprint density at radius 3 is 2.23 bits per heavy atom. The van der Waals surface area contributed by atoms with Gasteiger partial charge in [0.15, 0.2) is 0 Å². The fourth-order valence-corrected chi connectivity index (χ4v) is 6.44. The number of nitrogens with one attached hydrogen (secondary N) is 1. The van der Waals surface area contributed by atoms with Gasteiger partial charge in [-0.15, -0.1) is 0 Å². The van der Waals surface area contributed by atoms with Crippen LogP contribution in [0.2, 0.25) is 5.02 Å². The highest BCUT2D eigenvalue weighted by atomic mass is 35.5. The van der Waals surface area contributed by atoms with E-state index < -0.39 is 28.5 Å². The van der Waals surface area contributed by atoms with Crippen molar-refractivity contribution in [1.82, 2.24) is 10.2 Å². The van der Waals surface area contributed by atoms with E-state index in [1.54, 1.807) is 25.1 Å². The SMILES string of the molecule is Cc1ccc(CN(C(=O)CN(c2cccc(C)c2)S(=O)(=O)c2ccc(Cl)cc2)[C@@H](C)C(=O)NC2CCCC2)cc1. The van der Waals surface area contributed by atoms with Crippen molar-refractivity contribution in [2.45, 2.75) is 70.0 Å². The normalized spacial score (nSPS) is 14.5. The zero-order chi connectivity index (χ0) is 28.9. The van der Waals surface area contributed by atoms with Gasteiger partial charge in [-0.05, 0) is 81.1 Å². The summed E-state index contributed by atoms with van der Waals surface area (Å²) in [6.45, 7) is 5.23. The fraction of sp³-hybridized carbons (Fsp3) is 0.355. The summed E-state index contributed by atoms with van der Waals surface area (Å²) in [7, 11) is -4.13. The first kappa shape index (κ1) is 29.6. The first-order chi connectivity index (χ1) is 19.0. The molecule has 9 heteroatoms. The summed E-state index contributed by atoms with van der Waals surface area (Å²) < 4.78 is 28.9. The highest BCUT2D eigenvalue weighted by Gasteiger charge is 2.33. The largest absolute Gasteiger partial charge is 0.352 e. The number of aryl methyl sites for hydroxylation is 2. The van der Waals surface area contributed by atoms with E-state index in [9.17, 15) is 18.0 Å². The molecule has 3 aromatic rings. The molecular formula is C31H36ClN3O4S. The van der Waals surface area contributed by atoms with Gasteiger partial charge >= 0.3 is 0 Å². The maximum Gasteiger partial charge on any atom is 0.264 e. The predicted octanol–water partition coefficient (Wildman–Crippen LogP) is 5.63. The number of carbonyl (C=O) groups is 2.